The molecular formula is C15H15N3O4. The fourth-order valence-electron chi connectivity index (χ4n) is 1.72. The van der Waals surface area contributed by atoms with Crippen LogP contribution in [0.3, 0.4) is 0 Å². The smallest absolute Gasteiger partial charge is 0.272 e. The van der Waals surface area contributed by atoms with Crippen LogP contribution in [0.1, 0.15) is 15.9 Å². The first kappa shape index (κ1) is 15.3. The van der Waals surface area contributed by atoms with E-state index in [4.69, 9.17) is 9.47 Å². The fraction of sp³-hybridized carbons (Fsp3) is 0.133. The van der Waals surface area contributed by atoms with E-state index in [9.17, 15) is 9.90 Å². The maximum atomic E-state index is 11.8. The number of amides is 1. The van der Waals surface area contributed by atoms with Crippen molar-refractivity contribution in [3.05, 3.63) is 47.8 Å². The summed E-state index contributed by atoms with van der Waals surface area (Å²) in [7, 11) is 2.86. The average Bonchev–Trinajstić information content (AvgIpc) is 2.56. The zero-order chi connectivity index (χ0) is 15.9. The Morgan fingerprint density at radius 3 is 2.55 bits per heavy atom. The maximum absolute atomic E-state index is 11.8. The third kappa shape index (κ3) is 3.51. The molecule has 0 fully saturated rings. The van der Waals surface area contributed by atoms with E-state index in [1.165, 1.54) is 26.6 Å². The number of phenols is 1. The fourth-order valence-corrected chi connectivity index (χ4v) is 1.72. The van der Waals surface area contributed by atoms with Gasteiger partial charge in [-0.05, 0) is 24.3 Å². The third-order valence-corrected chi connectivity index (χ3v) is 2.81. The highest BCUT2D eigenvalue weighted by molar-refractivity contribution is 5.94. The minimum absolute atomic E-state index is 0.0958. The molecule has 0 saturated carbocycles. The van der Waals surface area contributed by atoms with Crippen molar-refractivity contribution in [2.45, 2.75) is 0 Å². The van der Waals surface area contributed by atoms with E-state index in [1.54, 1.807) is 30.5 Å². The Kier molecular flexibility index (Phi) is 4.92. The SMILES string of the molecule is COc1cc(/C=N\NC(=O)c2cccnc2)cc(OC)c1O. The standard InChI is InChI=1S/C15H15N3O4/c1-21-12-6-10(7-13(22-2)14(12)19)8-17-18-15(20)11-4-3-5-16-9-11/h3-9,19H,1-2H3,(H,18,20)/b17-8-. The van der Waals surface area contributed by atoms with Gasteiger partial charge in [-0.2, -0.15) is 5.10 Å². The first-order valence-corrected chi connectivity index (χ1v) is 6.34. The Hall–Kier alpha value is -3.09. The van der Waals surface area contributed by atoms with Gasteiger partial charge in [-0.3, -0.25) is 9.78 Å². The van der Waals surface area contributed by atoms with Crippen molar-refractivity contribution in [1.82, 2.24) is 10.4 Å². The van der Waals surface area contributed by atoms with E-state index in [-0.39, 0.29) is 23.2 Å². The van der Waals surface area contributed by atoms with Gasteiger partial charge in [-0.1, -0.05) is 0 Å². The summed E-state index contributed by atoms with van der Waals surface area (Å²) >= 11 is 0. The van der Waals surface area contributed by atoms with Crippen LogP contribution in [0.2, 0.25) is 0 Å². The molecule has 0 atom stereocenters. The molecule has 0 bridgehead atoms. The average molecular weight is 301 g/mol. The van der Waals surface area contributed by atoms with E-state index in [0.29, 0.717) is 11.1 Å². The number of benzene rings is 1. The number of aromatic hydroxyl groups is 1. The molecule has 0 saturated heterocycles. The number of nitrogens with zero attached hydrogens (tertiary/aromatic N) is 2. The first-order valence-electron chi connectivity index (χ1n) is 6.34. The lowest BCUT2D eigenvalue weighted by Crippen LogP contribution is -2.17. The minimum atomic E-state index is -0.373. The molecule has 114 valence electrons. The van der Waals surface area contributed by atoms with Crippen LogP contribution in [0, 0.1) is 0 Å². The molecule has 1 amide bonds. The molecule has 1 aromatic heterocycles. The summed E-state index contributed by atoms with van der Waals surface area (Å²) in [4.78, 5) is 15.6. The summed E-state index contributed by atoms with van der Waals surface area (Å²) in [6, 6.07) is 6.42. The van der Waals surface area contributed by atoms with Crippen LogP contribution in [0.25, 0.3) is 0 Å². The van der Waals surface area contributed by atoms with Gasteiger partial charge in [0.25, 0.3) is 5.91 Å². The number of nitrogens with one attached hydrogen (secondary N) is 1. The van der Waals surface area contributed by atoms with E-state index in [2.05, 4.69) is 15.5 Å². The van der Waals surface area contributed by atoms with Gasteiger partial charge in [0.2, 0.25) is 5.75 Å². The van der Waals surface area contributed by atoms with E-state index >= 15 is 0 Å². The molecule has 22 heavy (non-hydrogen) atoms. The van der Waals surface area contributed by atoms with Gasteiger partial charge < -0.3 is 14.6 Å². The summed E-state index contributed by atoms with van der Waals surface area (Å²) in [5, 5.41) is 13.7. The Bertz CT molecular complexity index is 661. The zero-order valence-corrected chi connectivity index (χ0v) is 12.1. The van der Waals surface area contributed by atoms with Gasteiger partial charge in [0.15, 0.2) is 11.5 Å². The van der Waals surface area contributed by atoms with E-state index in [1.807, 2.05) is 0 Å². The second-order valence-corrected chi connectivity index (χ2v) is 4.21. The molecule has 0 radical (unpaired) electrons. The highest BCUT2D eigenvalue weighted by Crippen LogP contribution is 2.36. The number of methoxy groups -OCH3 is 2. The predicted octanol–water partition coefficient (Wildman–Crippen LogP) is 1.57. The predicted molar refractivity (Wildman–Crippen MR) is 80.5 cm³/mol. The van der Waals surface area contributed by atoms with Gasteiger partial charge in [0.1, 0.15) is 0 Å². The number of rotatable bonds is 5. The summed E-state index contributed by atoms with van der Waals surface area (Å²) < 4.78 is 10.1. The van der Waals surface area contributed by atoms with Crippen molar-refractivity contribution < 1.29 is 19.4 Å². The molecule has 0 unspecified atom stereocenters. The summed E-state index contributed by atoms with van der Waals surface area (Å²) in [6.07, 6.45) is 4.44. The monoisotopic (exact) mass is 301 g/mol. The van der Waals surface area contributed by atoms with Crippen molar-refractivity contribution in [3.63, 3.8) is 0 Å². The largest absolute Gasteiger partial charge is 0.502 e. The normalized spacial score (nSPS) is 10.5. The van der Waals surface area contributed by atoms with E-state index in [0.717, 1.165) is 0 Å². The molecule has 2 rings (SSSR count). The second-order valence-electron chi connectivity index (χ2n) is 4.21. The topological polar surface area (TPSA) is 93.0 Å². The molecule has 0 aliphatic heterocycles. The van der Waals surface area contributed by atoms with Crippen LogP contribution in [-0.2, 0) is 0 Å². The van der Waals surface area contributed by atoms with Crippen molar-refractivity contribution >= 4 is 12.1 Å². The second kappa shape index (κ2) is 7.07. The van der Waals surface area contributed by atoms with E-state index < -0.39 is 0 Å². The molecule has 0 spiro atoms. The molecule has 2 N–H and O–H groups in total. The number of phenolic OH excluding ortho intramolecular Hbond substituents is 1. The number of carbonyl (C=O) groups is 1. The quantitative estimate of drug-likeness (QED) is 0.646. The molecule has 0 aliphatic rings. The van der Waals surface area contributed by atoms with Gasteiger partial charge in [-0.15, -0.1) is 0 Å². The Morgan fingerprint density at radius 2 is 2.00 bits per heavy atom. The van der Waals surface area contributed by atoms with Gasteiger partial charge in [0.05, 0.1) is 26.0 Å². The molecule has 2 aromatic rings. The molecular weight excluding hydrogens is 286 g/mol. The number of hydrogen-bond acceptors (Lipinski definition) is 6. The lowest BCUT2D eigenvalue weighted by Gasteiger charge is -2.09. The van der Waals surface area contributed by atoms with Crippen LogP contribution in [0.5, 0.6) is 17.2 Å². The lowest BCUT2D eigenvalue weighted by molar-refractivity contribution is 0.0955. The Morgan fingerprint density at radius 1 is 1.32 bits per heavy atom. The number of hydrogen-bond donors (Lipinski definition) is 2. The summed E-state index contributed by atoms with van der Waals surface area (Å²) in [6.45, 7) is 0. The lowest BCUT2D eigenvalue weighted by atomic mass is 10.2. The molecule has 1 aromatic carbocycles. The zero-order valence-electron chi connectivity index (χ0n) is 12.1. The van der Waals surface area contributed by atoms with Crippen LogP contribution >= 0.6 is 0 Å². The van der Waals surface area contributed by atoms with Gasteiger partial charge in [0, 0.05) is 18.0 Å². The van der Waals surface area contributed by atoms with Crippen molar-refractivity contribution in [1.29, 1.82) is 0 Å². The van der Waals surface area contributed by atoms with Crippen LogP contribution in [0.15, 0.2) is 41.8 Å². The van der Waals surface area contributed by atoms with Crippen LogP contribution < -0.4 is 14.9 Å². The number of ether oxygens (including phenoxy) is 2. The van der Waals surface area contributed by atoms with Crippen LogP contribution in [-0.4, -0.2) is 36.4 Å². The number of aromatic nitrogens is 1. The highest BCUT2D eigenvalue weighted by atomic mass is 16.5. The van der Waals surface area contributed by atoms with Crippen molar-refractivity contribution in [3.8, 4) is 17.2 Å². The molecule has 7 heteroatoms. The first-order chi connectivity index (χ1) is 10.7. The molecule has 0 aliphatic carbocycles. The number of pyridine rings is 1. The number of hydrazone groups is 1. The third-order valence-electron chi connectivity index (χ3n) is 2.81. The minimum Gasteiger partial charge on any atom is -0.502 e. The summed E-state index contributed by atoms with van der Waals surface area (Å²) in [5.74, 6) is 0.0300. The van der Waals surface area contributed by atoms with Crippen molar-refractivity contribution in [2.75, 3.05) is 14.2 Å². The Labute approximate surface area is 127 Å². The molecule has 1 heterocycles. The molecule has 7 nitrogen and oxygen atoms in total. The van der Waals surface area contributed by atoms with Gasteiger partial charge >= 0.3 is 0 Å². The summed E-state index contributed by atoms with van der Waals surface area (Å²) in [5.41, 5.74) is 3.38. The maximum Gasteiger partial charge on any atom is 0.272 e. The van der Waals surface area contributed by atoms with Crippen molar-refractivity contribution in [2.24, 2.45) is 5.10 Å². The van der Waals surface area contributed by atoms with Gasteiger partial charge in [-0.25, -0.2) is 5.43 Å². The highest BCUT2D eigenvalue weighted by Gasteiger charge is 2.10. The Balaban J connectivity index is 2.12. The van der Waals surface area contributed by atoms with Crippen LogP contribution in [0.4, 0.5) is 0 Å². The number of carbonyl (C=O) groups excluding carboxylic acids is 1.